The molecule has 0 saturated carbocycles. The van der Waals surface area contributed by atoms with Crippen molar-refractivity contribution in [2.24, 2.45) is 5.14 Å². The van der Waals surface area contributed by atoms with Crippen molar-refractivity contribution in [3.8, 4) is 5.75 Å². The number of amides is 1. The molecular formula is C17H16N2O5S. The quantitative estimate of drug-likeness (QED) is 0.743. The van der Waals surface area contributed by atoms with E-state index in [2.05, 4.69) is 5.32 Å². The normalized spacial score (nSPS) is 11.5. The van der Waals surface area contributed by atoms with E-state index in [1.807, 2.05) is 19.1 Å². The Bertz CT molecular complexity index is 1070. The Balaban J connectivity index is 1.92. The summed E-state index contributed by atoms with van der Waals surface area (Å²) in [6.45, 7) is 1.94. The number of nitrogens with two attached hydrogens (primary N) is 1. The van der Waals surface area contributed by atoms with Crippen LogP contribution in [0.15, 0.2) is 51.8 Å². The van der Waals surface area contributed by atoms with Crippen LogP contribution in [0, 0.1) is 6.92 Å². The minimum absolute atomic E-state index is 0.0970. The van der Waals surface area contributed by atoms with Crippen LogP contribution in [0.1, 0.15) is 16.1 Å². The van der Waals surface area contributed by atoms with Crippen LogP contribution in [-0.2, 0) is 10.0 Å². The number of carbonyl (C=O) groups is 1. The summed E-state index contributed by atoms with van der Waals surface area (Å²) in [4.78, 5) is 12.2. The number of hydrogen-bond acceptors (Lipinski definition) is 5. The third kappa shape index (κ3) is 3.49. The van der Waals surface area contributed by atoms with Crippen LogP contribution in [0.2, 0.25) is 0 Å². The first kappa shape index (κ1) is 17.0. The van der Waals surface area contributed by atoms with Crippen molar-refractivity contribution in [3.63, 3.8) is 0 Å². The van der Waals surface area contributed by atoms with Gasteiger partial charge in [0.15, 0.2) is 5.76 Å². The second-order valence-electron chi connectivity index (χ2n) is 5.52. The number of carbonyl (C=O) groups excluding carboxylic acids is 1. The number of ether oxygens (including phenoxy) is 1. The molecule has 3 N–H and O–H groups in total. The molecule has 2 aromatic carbocycles. The van der Waals surface area contributed by atoms with Gasteiger partial charge in [0.1, 0.15) is 16.2 Å². The van der Waals surface area contributed by atoms with Crippen molar-refractivity contribution >= 4 is 32.6 Å². The summed E-state index contributed by atoms with van der Waals surface area (Å²) in [5.74, 6) is -0.285. The van der Waals surface area contributed by atoms with E-state index >= 15 is 0 Å². The van der Waals surface area contributed by atoms with Crippen molar-refractivity contribution in [1.29, 1.82) is 0 Å². The number of fused-ring (bicyclic) bond motifs is 1. The number of sulfonamides is 1. The summed E-state index contributed by atoms with van der Waals surface area (Å²) in [7, 11) is -2.66. The van der Waals surface area contributed by atoms with E-state index in [0.717, 1.165) is 10.9 Å². The van der Waals surface area contributed by atoms with E-state index in [0.29, 0.717) is 5.58 Å². The molecule has 8 heteroatoms. The summed E-state index contributed by atoms with van der Waals surface area (Å²) >= 11 is 0. The third-order valence-corrected chi connectivity index (χ3v) is 4.56. The molecule has 0 bridgehead atoms. The van der Waals surface area contributed by atoms with Crippen LogP contribution >= 0.6 is 0 Å². The third-order valence-electron chi connectivity index (χ3n) is 3.62. The van der Waals surface area contributed by atoms with Crippen molar-refractivity contribution in [3.05, 3.63) is 53.8 Å². The van der Waals surface area contributed by atoms with Gasteiger partial charge in [-0.3, -0.25) is 4.79 Å². The van der Waals surface area contributed by atoms with Gasteiger partial charge in [0, 0.05) is 11.1 Å². The molecule has 1 amide bonds. The standard InChI is InChI=1S/C17H16N2O5S/c1-10-3-5-13-11(7-10)8-15(24-13)17(20)19-12-4-6-14(23-2)16(9-12)25(18,21)22/h3-9H,1-2H3,(H,19,20)(H2,18,21,22). The molecule has 0 radical (unpaired) electrons. The highest BCUT2D eigenvalue weighted by molar-refractivity contribution is 7.89. The first-order chi connectivity index (χ1) is 11.8. The zero-order chi connectivity index (χ0) is 18.2. The van der Waals surface area contributed by atoms with Gasteiger partial charge in [0.05, 0.1) is 7.11 Å². The van der Waals surface area contributed by atoms with Crippen LogP contribution < -0.4 is 15.2 Å². The van der Waals surface area contributed by atoms with E-state index in [-0.39, 0.29) is 22.1 Å². The fourth-order valence-electron chi connectivity index (χ4n) is 2.44. The highest BCUT2D eigenvalue weighted by atomic mass is 32.2. The first-order valence-electron chi connectivity index (χ1n) is 7.30. The minimum atomic E-state index is -3.99. The Hall–Kier alpha value is -2.84. The Kier molecular flexibility index (Phi) is 4.23. The molecule has 3 rings (SSSR count). The number of benzene rings is 2. The number of methoxy groups -OCH3 is 1. The Labute approximate surface area is 144 Å². The van der Waals surface area contributed by atoms with Crippen LogP contribution in [0.5, 0.6) is 5.75 Å². The van der Waals surface area contributed by atoms with Gasteiger partial charge in [-0.05, 0) is 43.3 Å². The molecular weight excluding hydrogens is 344 g/mol. The summed E-state index contributed by atoms with van der Waals surface area (Å²) in [5.41, 5.74) is 1.90. The Morgan fingerprint density at radius 3 is 2.60 bits per heavy atom. The molecule has 0 fully saturated rings. The largest absolute Gasteiger partial charge is 0.495 e. The average Bonchev–Trinajstić information content (AvgIpc) is 2.97. The van der Waals surface area contributed by atoms with Crippen LogP contribution in [0.4, 0.5) is 5.69 Å². The summed E-state index contributed by atoms with van der Waals surface area (Å²) in [6, 6.07) is 11.4. The predicted octanol–water partition coefficient (Wildman–Crippen LogP) is 2.65. The molecule has 1 heterocycles. The number of primary sulfonamides is 1. The maximum absolute atomic E-state index is 12.4. The number of furan rings is 1. The maximum Gasteiger partial charge on any atom is 0.291 e. The number of nitrogens with one attached hydrogen (secondary N) is 1. The van der Waals surface area contributed by atoms with E-state index in [1.54, 1.807) is 12.1 Å². The molecule has 0 saturated heterocycles. The van der Waals surface area contributed by atoms with Gasteiger partial charge in [0.25, 0.3) is 5.91 Å². The SMILES string of the molecule is COc1ccc(NC(=O)c2cc3cc(C)ccc3o2)cc1S(N)(=O)=O. The van der Waals surface area contributed by atoms with E-state index in [1.165, 1.54) is 25.3 Å². The minimum Gasteiger partial charge on any atom is -0.495 e. The average molecular weight is 360 g/mol. The lowest BCUT2D eigenvalue weighted by Gasteiger charge is -2.09. The highest BCUT2D eigenvalue weighted by Gasteiger charge is 2.18. The van der Waals surface area contributed by atoms with Crippen LogP contribution in [-0.4, -0.2) is 21.4 Å². The van der Waals surface area contributed by atoms with E-state index < -0.39 is 15.9 Å². The molecule has 0 aliphatic carbocycles. The second-order valence-corrected chi connectivity index (χ2v) is 7.05. The summed E-state index contributed by atoms with van der Waals surface area (Å²) < 4.78 is 33.8. The topological polar surface area (TPSA) is 112 Å². The van der Waals surface area contributed by atoms with Crippen molar-refractivity contribution in [2.75, 3.05) is 12.4 Å². The molecule has 7 nitrogen and oxygen atoms in total. The molecule has 0 aliphatic heterocycles. The van der Waals surface area contributed by atoms with Crippen molar-refractivity contribution in [2.45, 2.75) is 11.8 Å². The number of aryl methyl sites for hydroxylation is 1. The Morgan fingerprint density at radius 2 is 1.92 bits per heavy atom. The van der Waals surface area contributed by atoms with E-state index in [9.17, 15) is 13.2 Å². The van der Waals surface area contributed by atoms with Gasteiger partial charge < -0.3 is 14.5 Å². The first-order valence-corrected chi connectivity index (χ1v) is 8.85. The summed E-state index contributed by atoms with van der Waals surface area (Å²) in [5, 5.41) is 8.57. The fourth-order valence-corrected chi connectivity index (χ4v) is 3.17. The molecule has 130 valence electrons. The van der Waals surface area contributed by atoms with Crippen LogP contribution in [0.3, 0.4) is 0 Å². The predicted molar refractivity (Wildman–Crippen MR) is 93.3 cm³/mol. The zero-order valence-electron chi connectivity index (χ0n) is 13.6. The fraction of sp³-hybridized carbons (Fsp3) is 0.118. The number of hydrogen-bond donors (Lipinski definition) is 2. The van der Waals surface area contributed by atoms with Gasteiger partial charge in [0.2, 0.25) is 10.0 Å². The molecule has 0 aliphatic rings. The van der Waals surface area contributed by atoms with Gasteiger partial charge in [-0.25, -0.2) is 13.6 Å². The van der Waals surface area contributed by atoms with Crippen molar-refractivity contribution < 1.29 is 22.4 Å². The van der Waals surface area contributed by atoms with Gasteiger partial charge in [-0.1, -0.05) is 11.6 Å². The zero-order valence-corrected chi connectivity index (χ0v) is 14.4. The molecule has 25 heavy (non-hydrogen) atoms. The summed E-state index contributed by atoms with van der Waals surface area (Å²) in [6.07, 6.45) is 0. The lowest BCUT2D eigenvalue weighted by atomic mass is 10.2. The number of rotatable bonds is 4. The van der Waals surface area contributed by atoms with Gasteiger partial charge in [-0.2, -0.15) is 0 Å². The molecule has 0 unspecified atom stereocenters. The smallest absolute Gasteiger partial charge is 0.291 e. The molecule has 0 spiro atoms. The molecule has 3 aromatic rings. The lowest BCUT2D eigenvalue weighted by molar-refractivity contribution is 0.0998. The van der Waals surface area contributed by atoms with Gasteiger partial charge in [-0.15, -0.1) is 0 Å². The highest BCUT2D eigenvalue weighted by Crippen LogP contribution is 2.27. The van der Waals surface area contributed by atoms with Crippen LogP contribution in [0.25, 0.3) is 11.0 Å². The second kappa shape index (κ2) is 6.23. The van der Waals surface area contributed by atoms with Crippen molar-refractivity contribution in [1.82, 2.24) is 0 Å². The monoisotopic (exact) mass is 360 g/mol. The van der Waals surface area contributed by atoms with Gasteiger partial charge >= 0.3 is 0 Å². The lowest BCUT2D eigenvalue weighted by Crippen LogP contribution is -2.15. The van der Waals surface area contributed by atoms with E-state index in [4.69, 9.17) is 14.3 Å². The Morgan fingerprint density at radius 1 is 1.16 bits per heavy atom. The number of anilines is 1. The maximum atomic E-state index is 12.4. The molecule has 1 aromatic heterocycles. The molecule has 0 atom stereocenters.